The van der Waals surface area contributed by atoms with Gasteiger partial charge in [0.15, 0.2) is 0 Å². The summed E-state index contributed by atoms with van der Waals surface area (Å²) in [7, 11) is 0. The van der Waals surface area contributed by atoms with Crippen LogP contribution in [0.4, 0.5) is 10.5 Å². The summed E-state index contributed by atoms with van der Waals surface area (Å²) in [6, 6.07) is 13.2. The minimum Gasteiger partial charge on any atom is -0.389 e. The Labute approximate surface area is 187 Å². The van der Waals surface area contributed by atoms with Crippen LogP contribution in [0.25, 0.3) is 11.0 Å². The molecule has 0 spiro atoms. The van der Waals surface area contributed by atoms with Crippen molar-refractivity contribution in [2.45, 2.75) is 31.8 Å². The molecule has 0 saturated carbocycles. The number of hydrogen-bond acceptors (Lipinski definition) is 5. The zero-order valence-corrected chi connectivity index (χ0v) is 18.3. The Bertz CT molecular complexity index is 1090. The zero-order valence-electron chi connectivity index (χ0n) is 18.3. The summed E-state index contributed by atoms with van der Waals surface area (Å²) in [5.74, 6) is -0.145. The lowest BCUT2D eigenvalue weighted by atomic mass is 9.85. The minimum absolute atomic E-state index is 0.145. The SMILES string of the molecule is CC(=O)n1ccc2nccc(NC(=O)NCCN3CCC(O)(Cc4ccccc4)CC3)c21. The third-order valence-electron chi connectivity index (χ3n) is 6.04. The van der Waals surface area contributed by atoms with Gasteiger partial charge >= 0.3 is 6.03 Å². The number of aromatic nitrogens is 2. The number of aliphatic hydroxyl groups is 1. The molecule has 1 aromatic carbocycles. The van der Waals surface area contributed by atoms with Crippen molar-refractivity contribution in [1.29, 1.82) is 0 Å². The van der Waals surface area contributed by atoms with Crippen molar-refractivity contribution in [3.63, 3.8) is 0 Å². The summed E-state index contributed by atoms with van der Waals surface area (Å²) >= 11 is 0. The van der Waals surface area contributed by atoms with Crippen molar-refractivity contribution >= 4 is 28.7 Å². The molecule has 0 radical (unpaired) electrons. The van der Waals surface area contributed by atoms with Gasteiger partial charge in [0.2, 0.25) is 5.91 Å². The lowest BCUT2D eigenvalue weighted by molar-refractivity contribution is -0.0201. The number of nitrogens with one attached hydrogen (secondary N) is 2. The Hall–Kier alpha value is -3.23. The molecule has 8 heteroatoms. The van der Waals surface area contributed by atoms with Gasteiger partial charge in [-0.2, -0.15) is 0 Å². The van der Waals surface area contributed by atoms with Crippen LogP contribution in [0.15, 0.2) is 54.9 Å². The van der Waals surface area contributed by atoms with Gasteiger partial charge in [0.1, 0.15) is 0 Å². The molecule has 32 heavy (non-hydrogen) atoms. The van der Waals surface area contributed by atoms with Gasteiger partial charge in [0.05, 0.1) is 22.3 Å². The average Bonchev–Trinajstić information content (AvgIpc) is 3.22. The maximum atomic E-state index is 12.4. The molecule has 1 fully saturated rings. The van der Waals surface area contributed by atoms with Gasteiger partial charge in [-0.25, -0.2) is 4.79 Å². The number of pyridine rings is 1. The van der Waals surface area contributed by atoms with Crippen LogP contribution in [0.5, 0.6) is 0 Å². The Morgan fingerprint density at radius 2 is 1.88 bits per heavy atom. The van der Waals surface area contributed by atoms with Crippen LogP contribution in [-0.4, -0.2) is 63.3 Å². The third-order valence-corrected chi connectivity index (χ3v) is 6.04. The first kappa shape index (κ1) is 22.0. The molecule has 0 aliphatic carbocycles. The fourth-order valence-electron chi connectivity index (χ4n) is 4.27. The van der Waals surface area contributed by atoms with E-state index in [1.807, 2.05) is 18.2 Å². The standard InChI is InChI=1S/C24H29N5O3/c1-18(30)29-13-8-20-22(29)21(7-11-25-20)27-23(31)26-12-16-28-14-9-24(32,10-15-28)17-19-5-3-2-4-6-19/h2-8,11,13,32H,9-10,12,14-17H2,1H3,(H2,25,26,27,31). The molecule has 3 heterocycles. The van der Waals surface area contributed by atoms with Crippen LogP contribution in [0.3, 0.4) is 0 Å². The van der Waals surface area contributed by atoms with E-state index in [-0.39, 0.29) is 11.9 Å². The van der Waals surface area contributed by atoms with Crippen LogP contribution in [0, 0.1) is 0 Å². The molecule has 1 aliphatic heterocycles. The molecule has 168 valence electrons. The number of benzene rings is 1. The van der Waals surface area contributed by atoms with Gasteiger partial charge in [-0.1, -0.05) is 30.3 Å². The predicted octanol–water partition coefficient (Wildman–Crippen LogP) is 2.89. The zero-order chi connectivity index (χ0) is 22.6. The van der Waals surface area contributed by atoms with Crippen LogP contribution < -0.4 is 10.6 Å². The molecule has 1 saturated heterocycles. The van der Waals surface area contributed by atoms with Crippen molar-refractivity contribution in [3.05, 3.63) is 60.4 Å². The first-order valence-corrected chi connectivity index (χ1v) is 10.9. The Morgan fingerprint density at radius 3 is 2.59 bits per heavy atom. The van der Waals surface area contributed by atoms with Crippen molar-refractivity contribution in [1.82, 2.24) is 19.8 Å². The molecule has 3 N–H and O–H groups in total. The van der Waals surface area contributed by atoms with Crippen molar-refractivity contribution in [2.75, 3.05) is 31.5 Å². The normalized spacial score (nSPS) is 16.1. The molecule has 3 aromatic rings. The number of carbonyl (C=O) groups is 2. The van der Waals surface area contributed by atoms with Crippen LogP contribution >= 0.6 is 0 Å². The molecular formula is C24H29N5O3. The number of likely N-dealkylation sites (tertiary alicyclic amines) is 1. The fraction of sp³-hybridized carbons (Fsp3) is 0.375. The predicted molar refractivity (Wildman–Crippen MR) is 124 cm³/mol. The fourth-order valence-corrected chi connectivity index (χ4v) is 4.27. The number of amides is 2. The number of hydrogen-bond donors (Lipinski definition) is 3. The van der Waals surface area contributed by atoms with Crippen molar-refractivity contribution < 1.29 is 14.7 Å². The van der Waals surface area contributed by atoms with E-state index >= 15 is 0 Å². The highest BCUT2D eigenvalue weighted by molar-refractivity contribution is 6.02. The van der Waals surface area contributed by atoms with Crippen LogP contribution in [-0.2, 0) is 6.42 Å². The number of fused-ring (bicyclic) bond motifs is 1. The maximum Gasteiger partial charge on any atom is 0.319 e. The highest BCUT2D eigenvalue weighted by Crippen LogP contribution is 2.26. The lowest BCUT2D eigenvalue weighted by Gasteiger charge is -2.38. The molecule has 8 nitrogen and oxygen atoms in total. The smallest absolute Gasteiger partial charge is 0.319 e. The van der Waals surface area contributed by atoms with E-state index in [9.17, 15) is 14.7 Å². The van der Waals surface area contributed by atoms with Crippen LogP contribution in [0.2, 0.25) is 0 Å². The van der Waals surface area contributed by atoms with Gasteiger partial charge in [-0.05, 0) is 30.5 Å². The highest BCUT2D eigenvalue weighted by atomic mass is 16.3. The molecule has 0 bridgehead atoms. The van der Waals surface area contributed by atoms with E-state index in [0.29, 0.717) is 49.1 Å². The second kappa shape index (κ2) is 9.50. The maximum absolute atomic E-state index is 12.4. The number of rotatable bonds is 6. The van der Waals surface area contributed by atoms with Crippen LogP contribution in [0.1, 0.15) is 30.1 Å². The van der Waals surface area contributed by atoms with Gasteiger partial charge < -0.3 is 20.6 Å². The number of carbonyl (C=O) groups excluding carboxylic acids is 2. The average molecular weight is 436 g/mol. The van der Waals surface area contributed by atoms with Crippen molar-refractivity contribution in [2.24, 2.45) is 0 Å². The van der Waals surface area contributed by atoms with Gasteiger partial charge in [0.25, 0.3) is 0 Å². The number of nitrogens with zero attached hydrogens (tertiary/aromatic N) is 3. The lowest BCUT2D eigenvalue weighted by Crippen LogP contribution is -2.47. The second-order valence-electron chi connectivity index (χ2n) is 8.41. The Morgan fingerprint density at radius 1 is 1.12 bits per heavy atom. The summed E-state index contributed by atoms with van der Waals surface area (Å²) in [6.07, 6.45) is 5.35. The second-order valence-corrected chi connectivity index (χ2v) is 8.41. The summed E-state index contributed by atoms with van der Waals surface area (Å²) in [5.41, 5.74) is 2.26. The summed E-state index contributed by atoms with van der Waals surface area (Å²) in [6.45, 7) is 4.26. The summed E-state index contributed by atoms with van der Waals surface area (Å²) in [5, 5.41) is 16.6. The van der Waals surface area contributed by atoms with Crippen molar-refractivity contribution in [3.8, 4) is 0 Å². The molecular weight excluding hydrogens is 406 g/mol. The first-order valence-electron chi connectivity index (χ1n) is 10.9. The summed E-state index contributed by atoms with van der Waals surface area (Å²) < 4.78 is 1.47. The van der Waals surface area contributed by atoms with Gasteiger partial charge in [-0.15, -0.1) is 0 Å². The minimum atomic E-state index is -0.666. The molecule has 0 atom stereocenters. The number of piperidine rings is 1. The first-order chi connectivity index (χ1) is 15.4. The monoisotopic (exact) mass is 435 g/mol. The molecule has 1 aliphatic rings. The number of anilines is 1. The Balaban J connectivity index is 1.24. The number of urea groups is 1. The van der Waals surface area contributed by atoms with Gasteiger partial charge in [-0.3, -0.25) is 14.3 Å². The van der Waals surface area contributed by atoms with E-state index in [0.717, 1.165) is 18.7 Å². The quantitative estimate of drug-likeness (QED) is 0.553. The van der Waals surface area contributed by atoms with Gasteiger partial charge in [0, 0.05) is 51.9 Å². The molecule has 2 amide bonds. The third kappa shape index (κ3) is 5.15. The van der Waals surface area contributed by atoms with E-state index in [4.69, 9.17) is 0 Å². The highest BCUT2D eigenvalue weighted by Gasteiger charge is 2.32. The van der Waals surface area contributed by atoms with E-state index < -0.39 is 5.60 Å². The molecule has 4 rings (SSSR count). The summed E-state index contributed by atoms with van der Waals surface area (Å²) in [4.78, 5) is 30.7. The molecule has 2 aromatic heterocycles. The van der Waals surface area contributed by atoms with E-state index in [1.165, 1.54) is 11.5 Å². The van der Waals surface area contributed by atoms with E-state index in [1.54, 1.807) is 24.5 Å². The largest absolute Gasteiger partial charge is 0.389 e. The molecule has 0 unspecified atom stereocenters. The topological polar surface area (TPSA) is 99.5 Å². The van der Waals surface area contributed by atoms with E-state index in [2.05, 4.69) is 32.7 Å². The Kier molecular flexibility index (Phi) is 6.53.